The summed E-state index contributed by atoms with van der Waals surface area (Å²) in [6.45, 7) is 4.07. The van der Waals surface area contributed by atoms with E-state index in [4.69, 9.17) is 17.2 Å². The molecule has 13 heteroatoms. The Morgan fingerprint density at radius 2 is 1.47 bits per heavy atom. The van der Waals surface area contributed by atoms with Gasteiger partial charge in [-0.05, 0) is 42.4 Å². The Morgan fingerprint density at radius 3 is 2.13 bits per heavy atom. The van der Waals surface area contributed by atoms with Crippen LogP contribution >= 0.6 is 0 Å². The van der Waals surface area contributed by atoms with E-state index in [0.717, 1.165) is 22.0 Å². The van der Waals surface area contributed by atoms with E-state index in [2.05, 4.69) is 25.9 Å². The van der Waals surface area contributed by atoms with Crippen molar-refractivity contribution in [2.24, 2.45) is 28.1 Å². The number of carboxylic acids is 1. The monoisotopic (exact) mass is 620 g/mol. The number of aliphatic carboxylic acids is 1. The Balaban J connectivity index is 1.81. The molecule has 13 nitrogen and oxygen atoms in total. The number of carbonyl (C=O) groups is 4. The minimum atomic E-state index is -1.28. The highest BCUT2D eigenvalue weighted by Crippen LogP contribution is 2.19. The Hall–Kier alpha value is -4.91. The van der Waals surface area contributed by atoms with Crippen molar-refractivity contribution >= 4 is 40.6 Å². The number of aromatic nitrogens is 1. The van der Waals surface area contributed by atoms with Crippen LogP contribution in [0.1, 0.15) is 44.2 Å². The van der Waals surface area contributed by atoms with Gasteiger partial charge in [0.2, 0.25) is 17.7 Å². The molecule has 242 valence electrons. The van der Waals surface area contributed by atoms with E-state index in [1.807, 2.05) is 68.4 Å². The van der Waals surface area contributed by atoms with Crippen LogP contribution in [0.5, 0.6) is 0 Å². The van der Waals surface area contributed by atoms with Crippen molar-refractivity contribution in [3.63, 3.8) is 0 Å². The Labute approximate surface area is 262 Å². The smallest absolute Gasteiger partial charge is 0.326 e. The predicted molar refractivity (Wildman–Crippen MR) is 173 cm³/mol. The van der Waals surface area contributed by atoms with Crippen LogP contribution in [0.2, 0.25) is 0 Å². The van der Waals surface area contributed by atoms with Crippen LogP contribution in [0, 0.1) is 5.92 Å². The standard InChI is InChI=1S/C32H44N8O5/c1-19(2)15-23(33)28(41)39-26(16-20-9-4-3-5-10-20)30(43)38-25(13-8-14-36-32(34)35)29(42)40-27(31(44)45)17-21-18-37-24-12-7-6-11-22(21)24/h3-7,9-12,18-19,23,25-27,37H,8,13-17,33H2,1-2H3,(H,38,43)(H,39,41)(H,40,42)(H,44,45)(H4,34,35,36). The van der Waals surface area contributed by atoms with E-state index in [1.54, 1.807) is 6.20 Å². The number of rotatable bonds is 17. The van der Waals surface area contributed by atoms with Gasteiger partial charge in [0, 0.05) is 36.5 Å². The number of nitrogens with two attached hydrogens (primary N) is 3. The molecule has 3 aromatic rings. The van der Waals surface area contributed by atoms with Crippen LogP contribution in [0.15, 0.2) is 65.8 Å². The average Bonchev–Trinajstić information content (AvgIpc) is 3.40. The third kappa shape index (κ3) is 10.9. The zero-order chi connectivity index (χ0) is 32.9. The summed E-state index contributed by atoms with van der Waals surface area (Å²) < 4.78 is 0. The molecule has 1 aromatic heterocycles. The first-order chi connectivity index (χ1) is 21.4. The number of fused-ring (bicyclic) bond motifs is 1. The van der Waals surface area contributed by atoms with Gasteiger partial charge in [-0.25, -0.2) is 4.79 Å². The number of nitrogens with one attached hydrogen (secondary N) is 4. The molecule has 2 aromatic carbocycles. The van der Waals surface area contributed by atoms with Crippen LogP contribution in [-0.2, 0) is 32.0 Å². The third-order valence-corrected chi connectivity index (χ3v) is 7.27. The summed E-state index contributed by atoms with van der Waals surface area (Å²) in [6.07, 6.45) is 2.71. The van der Waals surface area contributed by atoms with Crippen LogP contribution in [0.25, 0.3) is 10.9 Å². The largest absolute Gasteiger partial charge is 0.480 e. The molecular weight excluding hydrogens is 576 g/mol. The van der Waals surface area contributed by atoms with Gasteiger partial charge >= 0.3 is 5.97 Å². The van der Waals surface area contributed by atoms with Crippen molar-refractivity contribution in [2.45, 2.75) is 70.1 Å². The predicted octanol–water partition coefficient (Wildman–Crippen LogP) is 0.919. The number of H-pyrrole nitrogens is 1. The fourth-order valence-corrected chi connectivity index (χ4v) is 4.99. The highest BCUT2D eigenvalue weighted by atomic mass is 16.4. The van der Waals surface area contributed by atoms with Gasteiger partial charge in [0.15, 0.2) is 5.96 Å². The number of aliphatic imine (C=N–C) groups is 1. The molecule has 45 heavy (non-hydrogen) atoms. The molecule has 0 aliphatic heterocycles. The van der Waals surface area contributed by atoms with Crippen LogP contribution in [0.4, 0.5) is 0 Å². The first-order valence-corrected chi connectivity index (χ1v) is 15.0. The van der Waals surface area contributed by atoms with Crippen molar-refractivity contribution < 1.29 is 24.3 Å². The third-order valence-electron chi connectivity index (χ3n) is 7.27. The summed E-state index contributed by atoms with van der Waals surface area (Å²) in [5.41, 5.74) is 19.3. The van der Waals surface area contributed by atoms with Gasteiger partial charge < -0.3 is 43.2 Å². The van der Waals surface area contributed by atoms with E-state index in [-0.39, 0.29) is 37.7 Å². The van der Waals surface area contributed by atoms with E-state index in [1.165, 1.54) is 0 Å². The summed E-state index contributed by atoms with van der Waals surface area (Å²) >= 11 is 0. The number of aromatic amines is 1. The van der Waals surface area contributed by atoms with E-state index < -0.39 is 47.9 Å². The lowest BCUT2D eigenvalue weighted by atomic mass is 10.0. The first-order valence-electron chi connectivity index (χ1n) is 15.0. The average molecular weight is 621 g/mol. The number of para-hydroxylation sites is 1. The molecule has 4 atom stereocenters. The van der Waals surface area contributed by atoms with Gasteiger partial charge in [0.25, 0.3) is 0 Å². The number of carboxylic acid groups (broad SMARTS) is 1. The summed E-state index contributed by atoms with van der Waals surface area (Å²) in [7, 11) is 0. The molecule has 0 aliphatic carbocycles. The van der Waals surface area contributed by atoms with Gasteiger partial charge in [-0.2, -0.15) is 0 Å². The summed E-state index contributed by atoms with van der Waals surface area (Å²) in [4.78, 5) is 59.4. The van der Waals surface area contributed by atoms with Crippen molar-refractivity contribution in [3.05, 3.63) is 71.9 Å². The topological polar surface area (TPSA) is 231 Å². The molecule has 0 spiro atoms. The highest BCUT2D eigenvalue weighted by Gasteiger charge is 2.31. The van der Waals surface area contributed by atoms with Crippen molar-refractivity contribution in [1.29, 1.82) is 0 Å². The molecule has 0 bridgehead atoms. The fourth-order valence-electron chi connectivity index (χ4n) is 4.99. The lowest BCUT2D eigenvalue weighted by Crippen LogP contribution is -2.57. The van der Waals surface area contributed by atoms with Crippen LogP contribution in [-0.4, -0.2) is 70.5 Å². The van der Waals surface area contributed by atoms with Crippen LogP contribution < -0.4 is 33.2 Å². The Kier molecular flexibility index (Phi) is 12.9. The number of hydrogen-bond donors (Lipinski definition) is 8. The fraction of sp³-hybridized carbons (Fsp3) is 0.406. The van der Waals surface area contributed by atoms with Crippen LogP contribution in [0.3, 0.4) is 0 Å². The molecule has 0 saturated heterocycles. The molecule has 0 fully saturated rings. The lowest BCUT2D eigenvalue weighted by molar-refractivity contribution is -0.142. The number of hydrogen-bond acceptors (Lipinski definition) is 6. The number of nitrogens with zero attached hydrogens (tertiary/aromatic N) is 1. The molecule has 3 amide bonds. The minimum Gasteiger partial charge on any atom is -0.480 e. The first kappa shape index (κ1) is 34.6. The molecule has 3 rings (SSSR count). The molecule has 1 heterocycles. The second-order valence-electron chi connectivity index (χ2n) is 11.5. The number of guanidine groups is 1. The van der Waals surface area contributed by atoms with Gasteiger partial charge in [0.05, 0.1) is 6.04 Å². The maximum atomic E-state index is 13.7. The molecule has 4 unspecified atom stereocenters. The second-order valence-corrected chi connectivity index (χ2v) is 11.5. The van der Waals surface area contributed by atoms with Crippen molar-refractivity contribution in [3.8, 4) is 0 Å². The maximum Gasteiger partial charge on any atom is 0.326 e. The zero-order valence-electron chi connectivity index (χ0n) is 25.7. The SMILES string of the molecule is CC(C)CC(N)C(=O)NC(Cc1ccccc1)C(=O)NC(CCCN=C(N)N)C(=O)NC(Cc1c[nH]c2ccccc12)C(=O)O. The van der Waals surface area contributed by atoms with Crippen molar-refractivity contribution in [2.75, 3.05) is 6.54 Å². The molecule has 0 radical (unpaired) electrons. The molecule has 11 N–H and O–H groups in total. The normalized spacial score (nSPS) is 13.8. The number of carbonyl (C=O) groups excluding carboxylic acids is 3. The second kappa shape index (κ2) is 16.8. The Bertz CT molecular complexity index is 1470. The van der Waals surface area contributed by atoms with Crippen molar-refractivity contribution in [1.82, 2.24) is 20.9 Å². The van der Waals surface area contributed by atoms with E-state index in [9.17, 15) is 24.3 Å². The van der Waals surface area contributed by atoms with E-state index in [0.29, 0.717) is 12.8 Å². The summed E-state index contributed by atoms with van der Waals surface area (Å²) in [6, 6.07) is 12.3. The quantitative estimate of drug-likeness (QED) is 0.0613. The van der Waals surface area contributed by atoms with E-state index >= 15 is 0 Å². The number of amides is 3. The van der Waals surface area contributed by atoms with Gasteiger partial charge in [0.1, 0.15) is 18.1 Å². The minimum absolute atomic E-state index is 0.0141. The highest BCUT2D eigenvalue weighted by molar-refractivity contribution is 5.94. The Morgan fingerprint density at radius 1 is 0.844 bits per heavy atom. The summed E-state index contributed by atoms with van der Waals surface area (Å²) in [5, 5.41) is 18.9. The number of benzene rings is 2. The maximum absolute atomic E-state index is 13.7. The molecule has 0 saturated carbocycles. The molecular formula is C32H44N8O5. The van der Waals surface area contributed by atoms with Gasteiger partial charge in [-0.3, -0.25) is 19.4 Å². The van der Waals surface area contributed by atoms with Gasteiger partial charge in [-0.1, -0.05) is 62.4 Å². The zero-order valence-corrected chi connectivity index (χ0v) is 25.7. The lowest BCUT2D eigenvalue weighted by Gasteiger charge is -2.25. The summed E-state index contributed by atoms with van der Waals surface area (Å²) in [5.74, 6) is -2.98. The molecule has 0 aliphatic rings. The van der Waals surface area contributed by atoms with Gasteiger partial charge in [-0.15, -0.1) is 0 Å².